The Morgan fingerprint density at radius 1 is 1.45 bits per heavy atom. The fourth-order valence-corrected chi connectivity index (χ4v) is 0.608. The number of alkyl halides is 3. The number of carbonyl (C=O) groups excluding carboxylic acids is 1. The average molecular weight is 164 g/mol. The lowest BCUT2D eigenvalue weighted by Gasteiger charge is -2.13. The SMILES string of the molecule is O=C1N=NC=CC1C(F)(F)F. The zero-order valence-corrected chi connectivity index (χ0v) is 5.17. The standard InChI is InChI=1S/C5H3F3N2O/c6-5(7,8)3-1-2-9-10-4(3)11/h1-3H. The van der Waals surface area contributed by atoms with E-state index >= 15 is 0 Å². The minimum atomic E-state index is -4.55. The highest BCUT2D eigenvalue weighted by Crippen LogP contribution is 2.29. The van der Waals surface area contributed by atoms with E-state index in [1.165, 1.54) is 0 Å². The molecule has 1 unspecified atom stereocenters. The Morgan fingerprint density at radius 2 is 2.09 bits per heavy atom. The monoisotopic (exact) mass is 164 g/mol. The van der Waals surface area contributed by atoms with Crippen LogP contribution in [-0.4, -0.2) is 12.1 Å². The van der Waals surface area contributed by atoms with Crippen molar-refractivity contribution in [3.8, 4) is 0 Å². The Bertz CT molecular complexity index is 230. The summed E-state index contributed by atoms with van der Waals surface area (Å²) in [5, 5.41) is 5.77. The van der Waals surface area contributed by atoms with Gasteiger partial charge in [-0.15, -0.1) is 5.11 Å². The van der Waals surface area contributed by atoms with E-state index in [9.17, 15) is 18.0 Å². The van der Waals surface area contributed by atoms with Crippen molar-refractivity contribution in [1.29, 1.82) is 0 Å². The van der Waals surface area contributed by atoms with E-state index in [0.717, 1.165) is 6.20 Å². The van der Waals surface area contributed by atoms with Crippen molar-refractivity contribution >= 4 is 5.91 Å². The van der Waals surface area contributed by atoms with Crippen LogP contribution in [0.5, 0.6) is 0 Å². The summed E-state index contributed by atoms with van der Waals surface area (Å²) in [6.45, 7) is 0. The predicted octanol–water partition coefficient (Wildman–Crippen LogP) is 1.67. The molecular weight excluding hydrogens is 161 g/mol. The maximum absolute atomic E-state index is 11.8. The zero-order valence-electron chi connectivity index (χ0n) is 5.17. The minimum Gasteiger partial charge on any atom is -0.270 e. The van der Waals surface area contributed by atoms with Crippen LogP contribution in [-0.2, 0) is 4.79 Å². The summed E-state index contributed by atoms with van der Waals surface area (Å²) in [6.07, 6.45) is -3.01. The van der Waals surface area contributed by atoms with Crippen molar-refractivity contribution in [2.24, 2.45) is 16.1 Å². The number of carbonyl (C=O) groups is 1. The summed E-state index contributed by atoms with van der Waals surface area (Å²) < 4.78 is 35.5. The average Bonchev–Trinajstić information content (AvgIpc) is 1.86. The second kappa shape index (κ2) is 2.44. The van der Waals surface area contributed by atoms with Gasteiger partial charge in [-0.2, -0.15) is 18.3 Å². The molecule has 0 bridgehead atoms. The third-order valence-corrected chi connectivity index (χ3v) is 1.12. The number of nitrogens with zero attached hydrogens (tertiary/aromatic N) is 2. The van der Waals surface area contributed by atoms with Crippen LogP contribution in [0.25, 0.3) is 0 Å². The second-order valence-corrected chi connectivity index (χ2v) is 1.91. The Hall–Kier alpha value is -1.20. The van der Waals surface area contributed by atoms with Crippen LogP contribution >= 0.6 is 0 Å². The molecule has 0 fully saturated rings. The van der Waals surface area contributed by atoms with E-state index in [-0.39, 0.29) is 0 Å². The predicted molar refractivity (Wildman–Crippen MR) is 28.5 cm³/mol. The molecule has 1 amide bonds. The molecule has 1 aliphatic heterocycles. The van der Waals surface area contributed by atoms with Gasteiger partial charge in [-0.1, -0.05) is 0 Å². The fraction of sp³-hybridized carbons (Fsp3) is 0.400. The van der Waals surface area contributed by atoms with Crippen LogP contribution in [0.4, 0.5) is 13.2 Å². The van der Waals surface area contributed by atoms with Crippen LogP contribution in [0.1, 0.15) is 0 Å². The molecule has 6 heteroatoms. The first kappa shape index (κ1) is 7.90. The number of hydrogen-bond acceptors (Lipinski definition) is 2. The second-order valence-electron chi connectivity index (χ2n) is 1.91. The number of azo groups is 1. The van der Waals surface area contributed by atoms with E-state index in [2.05, 4.69) is 10.2 Å². The molecule has 0 aromatic carbocycles. The number of halogens is 3. The molecular formula is C5H3F3N2O. The third-order valence-electron chi connectivity index (χ3n) is 1.12. The molecule has 1 heterocycles. The number of amides is 1. The first-order valence-electron chi connectivity index (χ1n) is 2.70. The molecule has 0 aliphatic carbocycles. The van der Waals surface area contributed by atoms with Gasteiger partial charge in [0.05, 0.1) is 0 Å². The summed E-state index contributed by atoms with van der Waals surface area (Å²) in [7, 11) is 0. The van der Waals surface area contributed by atoms with Gasteiger partial charge in [-0.05, 0) is 6.08 Å². The highest BCUT2D eigenvalue weighted by Gasteiger charge is 2.44. The van der Waals surface area contributed by atoms with Gasteiger partial charge in [0.15, 0.2) is 5.92 Å². The van der Waals surface area contributed by atoms with E-state index in [0.29, 0.717) is 6.08 Å². The Balaban J connectivity index is 2.82. The summed E-state index contributed by atoms with van der Waals surface area (Å²) in [5.74, 6) is -3.38. The van der Waals surface area contributed by atoms with Crippen LogP contribution in [0.3, 0.4) is 0 Å². The first-order chi connectivity index (χ1) is 5.02. The molecule has 1 aliphatic rings. The van der Waals surface area contributed by atoms with Gasteiger partial charge >= 0.3 is 6.18 Å². The number of hydrogen-bond donors (Lipinski definition) is 0. The summed E-state index contributed by atoms with van der Waals surface area (Å²) in [6, 6.07) is 0. The smallest absolute Gasteiger partial charge is 0.270 e. The van der Waals surface area contributed by atoms with Crippen molar-refractivity contribution in [1.82, 2.24) is 0 Å². The molecule has 0 radical (unpaired) electrons. The molecule has 1 atom stereocenters. The lowest BCUT2D eigenvalue weighted by atomic mass is 10.1. The van der Waals surface area contributed by atoms with Gasteiger partial charge in [0, 0.05) is 6.20 Å². The van der Waals surface area contributed by atoms with Crippen molar-refractivity contribution in [3.63, 3.8) is 0 Å². The highest BCUT2D eigenvalue weighted by atomic mass is 19.4. The van der Waals surface area contributed by atoms with Gasteiger partial charge in [0.1, 0.15) is 0 Å². The maximum atomic E-state index is 11.8. The van der Waals surface area contributed by atoms with Gasteiger partial charge in [-0.25, -0.2) is 0 Å². The van der Waals surface area contributed by atoms with Crippen LogP contribution < -0.4 is 0 Å². The Morgan fingerprint density at radius 3 is 2.45 bits per heavy atom. The number of rotatable bonds is 0. The van der Waals surface area contributed by atoms with E-state index < -0.39 is 18.0 Å². The first-order valence-corrected chi connectivity index (χ1v) is 2.70. The largest absolute Gasteiger partial charge is 0.404 e. The van der Waals surface area contributed by atoms with Crippen molar-refractivity contribution in [3.05, 3.63) is 12.3 Å². The molecule has 0 aromatic heterocycles. The summed E-state index contributed by atoms with van der Waals surface area (Å²) >= 11 is 0. The molecule has 0 N–H and O–H groups in total. The molecule has 3 nitrogen and oxygen atoms in total. The van der Waals surface area contributed by atoms with Gasteiger partial charge in [0.2, 0.25) is 0 Å². The molecule has 1 rings (SSSR count). The zero-order chi connectivity index (χ0) is 8.48. The van der Waals surface area contributed by atoms with Crippen LogP contribution in [0.2, 0.25) is 0 Å². The van der Waals surface area contributed by atoms with E-state index in [4.69, 9.17) is 0 Å². The topological polar surface area (TPSA) is 41.8 Å². The van der Waals surface area contributed by atoms with E-state index in [1.807, 2.05) is 0 Å². The normalized spacial score (nSPS) is 24.3. The molecule has 0 saturated carbocycles. The minimum absolute atomic E-state index is 0.676. The fourth-order valence-electron chi connectivity index (χ4n) is 0.608. The molecule has 0 aromatic rings. The van der Waals surface area contributed by atoms with Crippen molar-refractivity contribution < 1.29 is 18.0 Å². The highest BCUT2D eigenvalue weighted by molar-refractivity contribution is 5.82. The van der Waals surface area contributed by atoms with Gasteiger partial charge in [0.25, 0.3) is 5.91 Å². The van der Waals surface area contributed by atoms with Crippen LogP contribution in [0, 0.1) is 5.92 Å². The van der Waals surface area contributed by atoms with Crippen molar-refractivity contribution in [2.45, 2.75) is 6.18 Å². The Labute approximate surface area is 59.6 Å². The maximum Gasteiger partial charge on any atom is 0.404 e. The molecule has 0 saturated heterocycles. The third kappa shape index (κ3) is 1.63. The van der Waals surface area contributed by atoms with Gasteiger partial charge < -0.3 is 0 Å². The van der Waals surface area contributed by atoms with Crippen molar-refractivity contribution in [2.75, 3.05) is 0 Å². The lowest BCUT2D eigenvalue weighted by molar-refractivity contribution is -0.171. The van der Waals surface area contributed by atoms with E-state index in [1.54, 1.807) is 0 Å². The van der Waals surface area contributed by atoms with Gasteiger partial charge in [-0.3, -0.25) is 4.79 Å². The Kier molecular flexibility index (Phi) is 1.76. The summed E-state index contributed by atoms with van der Waals surface area (Å²) in [4.78, 5) is 10.4. The molecule has 60 valence electrons. The quantitative estimate of drug-likeness (QED) is 0.536. The molecule has 11 heavy (non-hydrogen) atoms. The lowest BCUT2D eigenvalue weighted by Crippen LogP contribution is -2.28. The molecule has 0 spiro atoms. The summed E-state index contributed by atoms with van der Waals surface area (Å²) in [5.41, 5.74) is 0. The van der Waals surface area contributed by atoms with Crippen LogP contribution in [0.15, 0.2) is 22.5 Å².